The number of rotatable bonds is 4. The molecule has 1 aromatic carbocycles. The van der Waals surface area contributed by atoms with Gasteiger partial charge in [-0.3, -0.25) is 4.79 Å². The third-order valence-corrected chi connectivity index (χ3v) is 2.79. The fraction of sp³-hybridized carbons (Fsp3) is 0.214. The van der Waals surface area contributed by atoms with Crippen LogP contribution in [0, 0.1) is 5.82 Å². The van der Waals surface area contributed by atoms with Gasteiger partial charge in [0.2, 0.25) is 0 Å². The molecule has 1 heterocycles. The fourth-order valence-corrected chi connectivity index (χ4v) is 1.89. The van der Waals surface area contributed by atoms with E-state index < -0.39 is 0 Å². The maximum Gasteiger partial charge on any atom is 0.176 e. The van der Waals surface area contributed by atoms with Gasteiger partial charge in [-0.1, -0.05) is 12.1 Å². The Morgan fingerprint density at radius 1 is 1.33 bits per heavy atom. The fourth-order valence-electron chi connectivity index (χ4n) is 1.89. The van der Waals surface area contributed by atoms with Crippen LogP contribution in [0.4, 0.5) is 4.39 Å². The van der Waals surface area contributed by atoms with Crippen molar-refractivity contribution in [1.29, 1.82) is 0 Å². The molecule has 4 heteroatoms. The topological polar surface area (TPSA) is 31.2 Å². The van der Waals surface area contributed by atoms with Crippen LogP contribution in [-0.2, 0) is 6.54 Å². The van der Waals surface area contributed by atoms with Crippen molar-refractivity contribution in [3.63, 3.8) is 0 Å². The molecule has 0 unspecified atom stereocenters. The van der Waals surface area contributed by atoms with E-state index in [-0.39, 0.29) is 17.3 Å². The van der Waals surface area contributed by atoms with Crippen LogP contribution in [0.1, 0.15) is 23.0 Å². The van der Waals surface area contributed by atoms with Gasteiger partial charge in [0.15, 0.2) is 17.3 Å². The molecule has 1 aromatic heterocycles. The number of nitrogens with zero attached hydrogens (tertiary/aromatic N) is 1. The molecule has 0 aliphatic heterocycles. The molecular formula is C14H14FNO2. The number of ether oxygens (including phenoxy) is 1. The van der Waals surface area contributed by atoms with E-state index in [0.717, 1.165) is 0 Å². The second kappa shape index (κ2) is 5.04. The normalized spacial score (nSPS) is 10.4. The average molecular weight is 247 g/mol. The molecule has 0 bridgehead atoms. The first-order valence-electron chi connectivity index (χ1n) is 5.61. The summed E-state index contributed by atoms with van der Waals surface area (Å²) in [6.45, 7) is 1.80. The minimum atomic E-state index is -0.386. The third kappa shape index (κ3) is 2.27. The molecule has 0 saturated heterocycles. The zero-order chi connectivity index (χ0) is 13.1. The third-order valence-electron chi connectivity index (χ3n) is 2.79. The van der Waals surface area contributed by atoms with Crippen LogP contribution in [0.25, 0.3) is 0 Å². The number of benzene rings is 1. The Bertz CT molecular complexity index is 575. The Morgan fingerprint density at radius 2 is 2.11 bits per heavy atom. The number of carbonyl (C=O) groups excluding carboxylic acids is 1. The van der Waals surface area contributed by atoms with E-state index in [1.54, 1.807) is 41.1 Å². The van der Waals surface area contributed by atoms with Gasteiger partial charge in [0.05, 0.1) is 19.3 Å². The van der Waals surface area contributed by atoms with E-state index in [1.807, 2.05) is 0 Å². The van der Waals surface area contributed by atoms with Crippen molar-refractivity contribution in [3.8, 4) is 5.75 Å². The minimum absolute atomic E-state index is 0.0386. The summed E-state index contributed by atoms with van der Waals surface area (Å²) in [5, 5.41) is 0. The summed E-state index contributed by atoms with van der Waals surface area (Å²) in [7, 11) is 1.43. The van der Waals surface area contributed by atoms with Gasteiger partial charge in [-0.2, -0.15) is 0 Å². The van der Waals surface area contributed by atoms with Crippen molar-refractivity contribution in [2.75, 3.05) is 7.11 Å². The van der Waals surface area contributed by atoms with Gasteiger partial charge in [-0.25, -0.2) is 4.39 Å². The van der Waals surface area contributed by atoms with Crippen LogP contribution in [0.3, 0.4) is 0 Å². The summed E-state index contributed by atoms with van der Waals surface area (Å²) in [5.74, 6) is -0.212. The second-order valence-corrected chi connectivity index (χ2v) is 4.01. The van der Waals surface area contributed by atoms with Gasteiger partial charge in [0.25, 0.3) is 0 Å². The Balaban J connectivity index is 2.34. The molecule has 2 rings (SSSR count). The van der Waals surface area contributed by atoms with Crippen LogP contribution < -0.4 is 4.74 Å². The van der Waals surface area contributed by atoms with Crippen molar-refractivity contribution in [2.24, 2.45) is 0 Å². The molecule has 0 amide bonds. The second-order valence-electron chi connectivity index (χ2n) is 4.01. The molecule has 0 radical (unpaired) electrons. The first kappa shape index (κ1) is 12.4. The Labute approximate surface area is 105 Å². The summed E-state index contributed by atoms with van der Waals surface area (Å²) in [6.07, 6.45) is 1.76. The van der Waals surface area contributed by atoms with E-state index in [0.29, 0.717) is 17.8 Å². The van der Waals surface area contributed by atoms with E-state index in [1.165, 1.54) is 14.0 Å². The molecule has 18 heavy (non-hydrogen) atoms. The largest absolute Gasteiger partial charge is 0.494 e. The highest BCUT2D eigenvalue weighted by molar-refractivity contribution is 5.92. The van der Waals surface area contributed by atoms with Crippen molar-refractivity contribution in [1.82, 2.24) is 4.57 Å². The van der Waals surface area contributed by atoms with E-state index in [4.69, 9.17) is 4.74 Å². The van der Waals surface area contributed by atoms with Crippen LogP contribution in [0.5, 0.6) is 5.75 Å². The number of hydrogen-bond donors (Lipinski definition) is 0. The van der Waals surface area contributed by atoms with Crippen molar-refractivity contribution in [3.05, 3.63) is 53.6 Å². The number of carbonyl (C=O) groups is 1. The minimum Gasteiger partial charge on any atom is -0.494 e. The number of methoxy groups -OCH3 is 1. The lowest BCUT2D eigenvalue weighted by Gasteiger charge is -2.10. The first-order valence-corrected chi connectivity index (χ1v) is 5.61. The summed E-state index contributed by atoms with van der Waals surface area (Å²) in [6, 6.07) is 8.48. The maximum atomic E-state index is 14.0. The SMILES string of the molecule is COc1cccc(Cn2cccc2C(C)=O)c1F. The molecule has 0 N–H and O–H groups in total. The van der Waals surface area contributed by atoms with Gasteiger partial charge < -0.3 is 9.30 Å². The molecule has 0 aliphatic carbocycles. The lowest BCUT2D eigenvalue weighted by Crippen LogP contribution is -2.08. The Hall–Kier alpha value is -2.10. The average Bonchev–Trinajstić information content (AvgIpc) is 2.80. The summed E-state index contributed by atoms with van der Waals surface area (Å²) in [4.78, 5) is 11.4. The van der Waals surface area contributed by atoms with Gasteiger partial charge in [0, 0.05) is 18.7 Å². The number of Topliss-reactive ketones (excluding diaryl/α,β-unsaturated/α-hetero) is 1. The number of aromatic nitrogens is 1. The Morgan fingerprint density at radius 3 is 2.78 bits per heavy atom. The van der Waals surface area contributed by atoms with Crippen molar-refractivity contribution < 1.29 is 13.9 Å². The highest BCUT2D eigenvalue weighted by Gasteiger charge is 2.11. The summed E-state index contributed by atoms with van der Waals surface area (Å²) < 4.78 is 20.6. The van der Waals surface area contributed by atoms with Crippen molar-refractivity contribution >= 4 is 5.78 Å². The van der Waals surface area contributed by atoms with Gasteiger partial charge >= 0.3 is 0 Å². The monoisotopic (exact) mass is 247 g/mol. The molecule has 94 valence electrons. The number of halogens is 1. The van der Waals surface area contributed by atoms with Crippen LogP contribution in [0.2, 0.25) is 0 Å². The molecule has 0 aliphatic rings. The zero-order valence-corrected chi connectivity index (χ0v) is 10.3. The van der Waals surface area contributed by atoms with E-state index in [9.17, 15) is 9.18 Å². The van der Waals surface area contributed by atoms with Crippen LogP contribution in [0.15, 0.2) is 36.5 Å². The van der Waals surface area contributed by atoms with Gasteiger partial charge in [0.1, 0.15) is 0 Å². The molecule has 3 nitrogen and oxygen atoms in total. The highest BCUT2D eigenvalue weighted by Crippen LogP contribution is 2.21. The zero-order valence-electron chi connectivity index (χ0n) is 10.3. The number of hydrogen-bond acceptors (Lipinski definition) is 2. The molecule has 0 fully saturated rings. The molecule has 0 saturated carbocycles. The molecule has 2 aromatic rings. The first-order chi connectivity index (χ1) is 8.63. The lowest BCUT2D eigenvalue weighted by atomic mass is 10.2. The predicted octanol–water partition coefficient (Wildman–Crippen LogP) is 2.89. The van der Waals surface area contributed by atoms with Gasteiger partial charge in [-0.15, -0.1) is 0 Å². The maximum absolute atomic E-state index is 14.0. The smallest absolute Gasteiger partial charge is 0.176 e. The van der Waals surface area contributed by atoms with Gasteiger partial charge in [-0.05, 0) is 18.2 Å². The predicted molar refractivity (Wildman–Crippen MR) is 66.5 cm³/mol. The van der Waals surface area contributed by atoms with Crippen LogP contribution in [-0.4, -0.2) is 17.5 Å². The van der Waals surface area contributed by atoms with E-state index >= 15 is 0 Å². The lowest BCUT2D eigenvalue weighted by molar-refractivity contribution is 0.100. The molecule has 0 atom stereocenters. The van der Waals surface area contributed by atoms with Crippen LogP contribution >= 0.6 is 0 Å². The quantitative estimate of drug-likeness (QED) is 0.778. The summed E-state index contributed by atoms with van der Waals surface area (Å²) >= 11 is 0. The Kier molecular flexibility index (Phi) is 3.46. The highest BCUT2D eigenvalue weighted by atomic mass is 19.1. The number of ketones is 1. The molecular weight excluding hydrogens is 233 g/mol. The van der Waals surface area contributed by atoms with Crippen molar-refractivity contribution in [2.45, 2.75) is 13.5 Å². The summed E-state index contributed by atoms with van der Waals surface area (Å²) in [5.41, 5.74) is 1.06. The molecule has 0 spiro atoms. The standard InChI is InChI=1S/C14H14FNO2/c1-10(17)12-6-4-8-16(12)9-11-5-3-7-13(18-2)14(11)15/h3-8H,9H2,1-2H3. The van der Waals surface area contributed by atoms with E-state index in [2.05, 4.69) is 0 Å².